The van der Waals surface area contributed by atoms with Crippen LogP contribution in [0.3, 0.4) is 0 Å². The molecule has 0 saturated carbocycles. The lowest BCUT2D eigenvalue weighted by Gasteiger charge is -2.43. The van der Waals surface area contributed by atoms with Gasteiger partial charge in [0.1, 0.15) is 23.3 Å². The van der Waals surface area contributed by atoms with E-state index in [1.165, 1.54) is 0 Å². The minimum Gasteiger partial charge on any atom is -0.496 e. The highest BCUT2D eigenvalue weighted by Gasteiger charge is 2.49. The van der Waals surface area contributed by atoms with Crippen LogP contribution >= 0.6 is 15.9 Å². The number of nitrogens with zero attached hydrogens (tertiary/aromatic N) is 1. The van der Waals surface area contributed by atoms with Crippen molar-refractivity contribution in [1.82, 2.24) is 0 Å². The smallest absolute Gasteiger partial charge is 0.349 e. The van der Waals surface area contributed by atoms with Gasteiger partial charge in [0, 0.05) is 6.42 Å². The third kappa shape index (κ3) is 6.90. The van der Waals surface area contributed by atoms with Crippen LogP contribution in [0.25, 0.3) is 0 Å². The largest absolute Gasteiger partial charge is 0.496 e. The van der Waals surface area contributed by atoms with Gasteiger partial charge in [0.15, 0.2) is 19.5 Å². The summed E-state index contributed by atoms with van der Waals surface area (Å²) < 4.78 is 30.4. The highest BCUT2D eigenvalue weighted by atomic mass is 79.9. The van der Waals surface area contributed by atoms with Gasteiger partial charge in [-0.2, -0.15) is 5.26 Å². The second kappa shape index (κ2) is 12.1. The zero-order chi connectivity index (χ0) is 28.9. The Balaban J connectivity index is 2.71. The first-order valence-corrected chi connectivity index (χ1v) is 16.2. The van der Waals surface area contributed by atoms with Gasteiger partial charge >= 0.3 is 5.97 Å². The van der Waals surface area contributed by atoms with E-state index in [9.17, 15) is 10.1 Å². The summed E-state index contributed by atoms with van der Waals surface area (Å²) in [5.74, 6) is 0.983. The summed E-state index contributed by atoms with van der Waals surface area (Å²) in [6.07, 6.45) is 0.191. The molecule has 208 valence electrons. The molecular formula is C29H40BrNO6Si. The Kier molecular flexibility index (Phi) is 10.1. The molecule has 0 bridgehead atoms. The molecule has 0 aliphatic carbocycles. The van der Waals surface area contributed by atoms with Gasteiger partial charge in [-0.3, -0.25) is 0 Å². The number of esters is 1. The van der Waals surface area contributed by atoms with Crippen LogP contribution in [0.5, 0.6) is 17.2 Å². The molecule has 38 heavy (non-hydrogen) atoms. The maximum Gasteiger partial charge on any atom is 0.349 e. The summed E-state index contributed by atoms with van der Waals surface area (Å²) >= 11 is 3.57. The van der Waals surface area contributed by atoms with Crippen molar-refractivity contribution in [2.45, 2.75) is 77.3 Å². The summed E-state index contributed by atoms with van der Waals surface area (Å²) in [4.78, 5) is 12.4. The summed E-state index contributed by atoms with van der Waals surface area (Å²) in [6, 6.07) is 13.4. The number of carbonyl (C=O) groups excluding carboxylic acids is 1. The van der Waals surface area contributed by atoms with Gasteiger partial charge in [-0.25, -0.2) is 4.79 Å². The average Bonchev–Trinajstić information content (AvgIpc) is 2.82. The number of nitriles is 1. The highest BCUT2D eigenvalue weighted by Crippen LogP contribution is 2.49. The number of ether oxygens (including phenoxy) is 4. The number of hydrogen-bond donors (Lipinski definition) is 0. The Bertz CT molecular complexity index is 1180. The monoisotopic (exact) mass is 605 g/mol. The molecule has 0 aliphatic rings. The van der Waals surface area contributed by atoms with Crippen LogP contribution in [0.1, 0.15) is 52.7 Å². The molecule has 0 N–H and O–H groups in total. The maximum atomic E-state index is 12.4. The fourth-order valence-electron chi connectivity index (χ4n) is 3.82. The SMILES string of the molecule is CCOC(=O)C(C)(C)Oc1cccc(CC(C#N)(O[Si](C)(C)C(C)(C)C)c2c(OC)ccc(Br)c2OC)c1. The molecule has 2 aromatic carbocycles. The molecule has 0 amide bonds. The molecule has 0 aromatic heterocycles. The van der Waals surface area contributed by atoms with E-state index in [4.69, 9.17) is 23.4 Å². The molecule has 0 aliphatic heterocycles. The van der Waals surface area contributed by atoms with Crippen LogP contribution in [0.4, 0.5) is 0 Å². The van der Waals surface area contributed by atoms with E-state index >= 15 is 0 Å². The van der Waals surface area contributed by atoms with Crippen molar-refractivity contribution >= 4 is 30.2 Å². The summed E-state index contributed by atoms with van der Waals surface area (Å²) in [7, 11) is 0.617. The molecule has 7 nitrogen and oxygen atoms in total. The van der Waals surface area contributed by atoms with Crippen LogP contribution < -0.4 is 14.2 Å². The first-order chi connectivity index (χ1) is 17.6. The van der Waals surface area contributed by atoms with Gasteiger partial charge in [0.25, 0.3) is 0 Å². The van der Waals surface area contributed by atoms with E-state index in [-0.39, 0.29) is 18.1 Å². The Labute approximate surface area is 236 Å². The second-order valence-corrected chi connectivity index (χ2v) is 16.7. The van der Waals surface area contributed by atoms with Crippen LogP contribution in [-0.2, 0) is 26.0 Å². The predicted molar refractivity (Wildman–Crippen MR) is 154 cm³/mol. The van der Waals surface area contributed by atoms with Crippen molar-refractivity contribution in [3.63, 3.8) is 0 Å². The van der Waals surface area contributed by atoms with E-state index in [1.807, 2.05) is 24.3 Å². The number of methoxy groups -OCH3 is 2. The molecule has 0 fully saturated rings. The summed E-state index contributed by atoms with van der Waals surface area (Å²) in [6.45, 7) is 15.9. The van der Waals surface area contributed by atoms with E-state index in [0.717, 1.165) is 5.56 Å². The number of benzene rings is 2. The Hall–Kier alpha value is -2.54. The summed E-state index contributed by atoms with van der Waals surface area (Å²) in [5.41, 5.74) is -1.33. The molecule has 2 aromatic rings. The standard InChI is InChI=1S/C29H40BrNO6Si/c1-11-35-26(32)28(5,6)36-21-14-12-13-20(17-21)18-29(19-31,37-38(9,10)27(2,3)4)24-23(33-7)16-15-22(30)25(24)34-8/h12-17H,11,18H2,1-10H3. The molecule has 0 spiro atoms. The van der Waals surface area contributed by atoms with E-state index in [2.05, 4.69) is 55.9 Å². The molecule has 0 heterocycles. The minimum atomic E-state index is -2.50. The fraction of sp³-hybridized carbons (Fsp3) is 0.517. The number of halogens is 1. The quantitative estimate of drug-likeness (QED) is 0.198. The van der Waals surface area contributed by atoms with Crippen LogP contribution in [0.2, 0.25) is 18.1 Å². The summed E-state index contributed by atoms with van der Waals surface area (Å²) in [5, 5.41) is 10.7. The fourth-order valence-corrected chi connectivity index (χ4v) is 5.71. The molecule has 2 rings (SSSR count). The minimum absolute atomic E-state index is 0.170. The van der Waals surface area contributed by atoms with Gasteiger partial charge in [-0.1, -0.05) is 32.9 Å². The molecule has 1 unspecified atom stereocenters. The first kappa shape index (κ1) is 31.7. The Morgan fingerprint density at radius 3 is 2.24 bits per heavy atom. The Morgan fingerprint density at radius 2 is 1.71 bits per heavy atom. The lowest BCUT2D eigenvalue weighted by molar-refractivity contribution is -0.158. The number of hydrogen-bond acceptors (Lipinski definition) is 7. The first-order valence-electron chi connectivity index (χ1n) is 12.5. The van der Waals surface area contributed by atoms with Crippen molar-refractivity contribution in [1.29, 1.82) is 5.26 Å². The average molecular weight is 607 g/mol. The second-order valence-electron chi connectivity index (χ2n) is 11.1. The van der Waals surface area contributed by atoms with Crippen molar-refractivity contribution in [3.8, 4) is 23.3 Å². The molecular weight excluding hydrogens is 566 g/mol. The Morgan fingerprint density at radius 1 is 1.05 bits per heavy atom. The third-order valence-electron chi connectivity index (χ3n) is 6.81. The van der Waals surface area contributed by atoms with Gasteiger partial charge in [-0.15, -0.1) is 0 Å². The molecule has 0 saturated heterocycles. The van der Waals surface area contributed by atoms with Gasteiger partial charge < -0.3 is 23.4 Å². The van der Waals surface area contributed by atoms with Crippen molar-refractivity contribution in [2.75, 3.05) is 20.8 Å². The predicted octanol–water partition coefficient (Wildman–Crippen LogP) is 7.17. The number of carbonyl (C=O) groups is 1. The molecule has 0 radical (unpaired) electrons. The van der Waals surface area contributed by atoms with Gasteiger partial charge in [0.05, 0.1) is 30.9 Å². The normalized spacial score (nSPS) is 13.7. The van der Waals surface area contributed by atoms with E-state index < -0.39 is 25.5 Å². The zero-order valence-corrected chi connectivity index (χ0v) is 26.7. The third-order valence-corrected chi connectivity index (χ3v) is 11.9. The lowest BCUT2D eigenvalue weighted by Crippen LogP contribution is -2.49. The van der Waals surface area contributed by atoms with Crippen molar-refractivity contribution < 1.29 is 28.2 Å². The van der Waals surface area contributed by atoms with Crippen molar-refractivity contribution in [2.24, 2.45) is 0 Å². The maximum absolute atomic E-state index is 12.4. The van der Waals surface area contributed by atoms with E-state index in [1.54, 1.807) is 47.1 Å². The number of rotatable bonds is 11. The van der Waals surface area contributed by atoms with Gasteiger partial charge in [-0.05, 0) is 84.7 Å². The van der Waals surface area contributed by atoms with Gasteiger partial charge in [0.2, 0.25) is 0 Å². The van der Waals surface area contributed by atoms with Crippen LogP contribution in [-0.4, -0.2) is 40.7 Å². The van der Waals surface area contributed by atoms with Crippen LogP contribution in [0.15, 0.2) is 40.9 Å². The zero-order valence-electron chi connectivity index (χ0n) is 24.2. The molecule has 9 heteroatoms. The lowest BCUT2D eigenvalue weighted by atomic mass is 9.87. The topological polar surface area (TPSA) is 87.0 Å². The van der Waals surface area contributed by atoms with Crippen molar-refractivity contribution in [3.05, 3.63) is 52.0 Å². The van der Waals surface area contributed by atoms with Crippen LogP contribution in [0, 0.1) is 11.3 Å². The molecule has 1 atom stereocenters. The highest BCUT2D eigenvalue weighted by molar-refractivity contribution is 9.10. The van der Waals surface area contributed by atoms with E-state index in [0.29, 0.717) is 27.3 Å².